The van der Waals surface area contributed by atoms with Crippen LogP contribution in [-0.2, 0) is 14.3 Å². The third-order valence-corrected chi connectivity index (χ3v) is 4.54. The zero-order chi connectivity index (χ0) is 19.4. The number of hydrogen-bond acceptors (Lipinski definition) is 4. The normalized spacial score (nSPS) is 19.6. The van der Waals surface area contributed by atoms with Gasteiger partial charge in [-0.05, 0) is 32.1 Å². The number of unbranched alkanes of at least 4 members (excludes halogenated alkanes) is 1. The van der Waals surface area contributed by atoms with Crippen LogP contribution in [0.1, 0.15) is 52.4 Å². The van der Waals surface area contributed by atoms with Gasteiger partial charge >= 0.3 is 5.97 Å². The number of aliphatic hydroxyl groups excluding tert-OH is 1. The molecule has 1 rings (SSSR count). The smallest absolute Gasteiger partial charge is 0.305 e. The molecule has 3 atom stereocenters. The number of nitrogens with zero attached hydrogens (tertiary/aromatic N) is 1. The molecule has 5 heteroatoms. The molecule has 0 aromatic carbocycles. The molecule has 144 valence electrons. The van der Waals surface area contributed by atoms with Gasteiger partial charge in [-0.3, -0.25) is 9.59 Å². The third-order valence-electron chi connectivity index (χ3n) is 4.54. The average molecular weight is 361 g/mol. The third kappa shape index (κ3) is 7.88. The van der Waals surface area contributed by atoms with Crippen molar-refractivity contribution < 1.29 is 19.4 Å². The summed E-state index contributed by atoms with van der Waals surface area (Å²) in [6, 6.07) is 0.0290. The Labute approximate surface area is 157 Å². The van der Waals surface area contributed by atoms with Crippen molar-refractivity contribution in [2.24, 2.45) is 5.92 Å². The molecule has 0 aliphatic carbocycles. The van der Waals surface area contributed by atoms with Crippen LogP contribution in [0.2, 0.25) is 0 Å². The molecule has 0 aromatic rings. The Bertz CT molecular complexity index is 570. The Balaban J connectivity index is 2.45. The maximum Gasteiger partial charge on any atom is 0.305 e. The fraction of sp³-hybridized carbons (Fsp3) is 0.619. The number of methoxy groups -OCH3 is 1. The van der Waals surface area contributed by atoms with Crippen molar-refractivity contribution in [3.8, 4) is 11.8 Å². The van der Waals surface area contributed by atoms with E-state index in [4.69, 9.17) is 0 Å². The summed E-state index contributed by atoms with van der Waals surface area (Å²) in [6.07, 6.45) is 11.1. The topological polar surface area (TPSA) is 66.8 Å². The van der Waals surface area contributed by atoms with E-state index in [0.29, 0.717) is 25.8 Å². The highest BCUT2D eigenvalue weighted by Crippen LogP contribution is 2.20. The first kappa shape index (κ1) is 22.0. The van der Waals surface area contributed by atoms with Gasteiger partial charge in [0.05, 0.1) is 19.3 Å². The van der Waals surface area contributed by atoms with Crippen LogP contribution in [-0.4, -0.2) is 47.7 Å². The zero-order valence-corrected chi connectivity index (χ0v) is 16.1. The van der Waals surface area contributed by atoms with Crippen molar-refractivity contribution in [3.05, 3.63) is 24.3 Å². The van der Waals surface area contributed by atoms with Crippen LogP contribution in [0, 0.1) is 17.8 Å². The van der Waals surface area contributed by atoms with Crippen molar-refractivity contribution in [1.29, 1.82) is 0 Å². The van der Waals surface area contributed by atoms with Gasteiger partial charge in [-0.1, -0.05) is 31.2 Å². The lowest BCUT2D eigenvalue weighted by molar-refractivity contribution is -0.140. The first-order valence-electron chi connectivity index (χ1n) is 9.26. The lowest BCUT2D eigenvalue weighted by Crippen LogP contribution is -2.32. The van der Waals surface area contributed by atoms with Crippen LogP contribution in [0.5, 0.6) is 0 Å². The minimum atomic E-state index is -0.553. The van der Waals surface area contributed by atoms with E-state index in [1.54, 1.807) is 13.0 Å². The number of carbonyl (C=O) groups is 2. The number of ether oxygens (including phenoxy) is 1. The molecular weight excluding hydrogens is 330 g/mol. The van der Waals surface area contributed by atoms with E-state index in [0.717, 1.165) is 19.3 Å². The maximum atomic E-state index is 12.1. The molecule has 0 saturated carbocycles. The summed E-state index contributed by atoms with van der Waals surface area (Å²) >= 11 is 0. The summed E-state index contributed by atoms with van der Waals surface area (Å²) in [4.78, 5) is 24.9. The monoisotopic (exact) mass is 361 g/mol. The lowest BCUT2D eigenvalue weighted by Gasteiger charge is -2.21. The molecule has 0 unspecified atom stereocenters. The minimum Gasteiger partial charge on any atom is -0.469 e. The Morgan fingerprint density at radius 2 is 2.23 bits per heavy atom. The van der Waals surface area contributed by atoms with Crippen LogP contribution in [0.3, 0.4) is 0 Å². The molecule has 1 aliphatic rings. The SMILES string of the molecule is CC#CC[C@H](C)[C@H](O)C=C[C@H]1CCC(=O)N1CC=CCCCC(=O)OC. The first-order chi connectivity index (χ1) is 12.5. The molecule has 26 heavy (non-hydrogen) atoms. The second-order valence-electron chi connectivity index (χ2n) is 6.58. The Morgan fingerprint density at radius 3 is 2.92 bits per heavy atom. The molecule has 0 radical (unpaired) electrons. The van der Waals surface area contributed by atoms with Crippen LogP contribution in [0.15, 0.2) is 24.3 Å². The van der Waals surface area contributed by atoms with Gasteiger partial charge in [0.15, 0.2) is 0 Å². The van der Waals surface area contributed by atoms with E-state index in [-0.39, 0.29) is 23.8 Å². The van der Waals surface area contributed by atoms with Crippen molar-refractivity contribution >= 4 is 11.9 Å². The summed E-state index contributed by atoms with van der Waals surface area (Å²) < 4.78 is 4.60. The van der Waals surface area contributed by atoms with Crippen LogP contribution >= 0.6 is 0 Å². The number of hydrogen-bond donors (Lipinski definition) is 1. The van der Waals surface area contributed by atoms with Gasteiger partial charge < -0.3 is 14.7 Å². The molecule has 0 spiro atoms. The number of allylic oxidation sites excluding steroid dienone is 1. The summed E-state index contributed by atoms with van der Waals surface area (Å²) in [5, 5.41) is 10.2. The first-order valence-corrected chi connectivity index (χ1v) is 9.26. The molecule has 1 heterocycles. The van der Waals surface area contributed by atoms with Gasteiger partial charge in [0.25, 0.3) is 0 Å². The quantitative estimate of drug-likeness (QED) is 0.281. The molecule has 0 aromatic heterocycles. The van der Waals surface area contributed by atoms with Crippen molar-refractivity contribution in [2.45, 2.75) is 64.5 Å². The van der Waals surface area contributed by atoms with Crippen molar-refractivity contribution in [2.75, 3.05) is 13.7 Å². The number of likely N-dealkylation sites (tertiary alicyclic amines) is 1. The predicted octanol–water partition coefficient (Wildman–Crippen LogP) is 2.84. The molecule has 1 saturated heterocycles. The molecule has 1 fully saturated rings. The van der Waals surface area contributed by atoms with Gasteiger partial charge in [-0.25, -0.2) is 0 Å². The fourth-order valence-electron chi connectivity index (χ4n) is 2.78. The number of carbonyl (C=O) groups excluding carboxylic acids is 2. The molecule has 5 nitrogen and oxygen atoms in total. The minimum absolute atomic E-state index is 0.0290. The highest BCUT2D eigenvalue weighted by molar-refractivity contribution is 5.79. The number of amides is 1. The summed E-state index contributed by atoms with van der Waals surface area (Å²) in [6.45, 7) is 4.31. The zero-order valence-electron chi connectivity index (χ0n) is 16.1. The molecule has 1 aliphatic heterocycles. The Kier molecular flexibility index (Phi) is 10.4. The second-order valence-corrected chi connectivity index (χ2v) is 6.58. The van der Waals surface area contributed by atoms with Crippen LogP contribution < -0.4 is 0 Å². The van der Waals surface area contributed by atoms with Crippen LogP contribution in [0.4, 0.5) is 0 Å². The van der Waals surface area contributed by atoms with Gasteiger partial charge in [0.1, 0.15) is 0 Å². The number of esters is 1. The largest absolute Gasteiger partial charge is 0.469 e. The predicted molar refractivity (Wildman–Crippen MR) is 102 cm³/mol. The van der Waals surface area contributed by atoms with Crippen molar-refractivity contribution in [3.63, 3.8) is 0 Å². The lowest BCUT2D eigenvalue weighted by atomic mass is 10.00. The summed E-state index contributed by atoms with van der Waals surface area (Å²) in [5.74, 6) is 5.83. The number of aliphatic hydroxyl groups is 1. The molecule has 0 bridgehead atoms. The highest BCUT2D eigenvalue weighted by Gasteiger charge is 2.28. The molecule has 1 N–H and O–H groups in total. The average Bonchev–Trinajstić information content (AvgIpc) is 2.99. The van der Waals surface area contributed by atoms with E-state index in [1.807, 2.05) is 30.1 Å². The Morgan fingerprint density at radius 1 is 1.46 bits per heavy atom. The Hall–Kier alpha value is -2.06. The molecular formula is C21H31NO4. The van der Waals surface area contributed by atoms with Crippen molar-refractivity contribution in [1.82, 2.24) is 4.90 Å². The number of rotatable bonds is 10. The van der Waals surface area contributed by atoms with E-state index in [2.05, 4.69) is 16.6 Å². The fourth-order valence-corrected chi connectivity index (χ4v) is 2.78. The standard InChI is InChI=1S/C21H31NO4/c1-4-5-10-17(2)19(23)14-12-18-13-15-20(24)22(18)16-9-7-6-8-11-21(25)26-3/h7,9,12,14,17-19,23H,6,8,10-11,13,15-16H2,1-3H3/t17-,18-,19+/m0/s1. The van der Waals surface area contributed by atoms with Gasteiger partial charge in [-0.2, -0.15) is 0 Å². The van der Waals surface area contributed by atoms with Crippen LogP contribution in [0.25, 0.3) is 0 Å². The van der Waals surface area contributed by atoms with E-state index in [1.165, 1.54) is 7.11 Å². The summed E-state index contributed by atoms with van der Waals surface area (Å²) in [5.41, 5.74) is 0. The maximum absolute atomic E-state index is 12.1. The van der Waals surface area contributed by atoms with E-state index >= 15 is 0 Å². The highest BCUT2D eigenvalue weighted by atomic mass is 16.5. The van der Waals surface area contributed by atoms with Gasteiger partial charge in [0.2, 0.25) is 5.91 Å². The second kappa shape index (κ2) is 12.3. The van der Waals surface area contributed by atoms with E-state index in [9.17, 15) is 14.7 Å². The van der Waals surface area contributed by atoms with Gasteiger partial charge in [-0.15, -0.1) is 11.8 Å². The van der Waals surface area contributed by atoms with E-state index < -0.39 is 6.10 Å². The summed E-state index contributed by atoms with van der Waals surface area (Å²) in [7, 11) is 1.39. The molecule has 1 amide bonds. The van der Waals surface area contributed by atoms with Gasteiger partial charge in [0, 0.05) is 25.8 Å².